The molecule has 0 atom stereocenters. The molecule has 0 radical (unpaired) electrons. The van der Waals surface area contributed by atoms with E-state index in [0.717, 1.165) is 12.1 Å². The van der Waals surface area contributed by atoms with Crippen molar-refractivity contribution < 1.29 is 8.78 Å². The number of fused-ring (bicyclic) bond motifs is 1. The van der Waals surface area contributed by atoms with Gasteiger partial charge in [-0.2, -0.15) is 5.26 Å². The fourth-order valence-corrected chi connectivity index (χ4v) is 1.41. The fourth-order valence-electron chi connectivity index (χ4n) is 1.41. The lowest BCUT2D eigenvalue weighted by molar-refractivity contribution is 0.511. The standard InChI is InChI=1S/C10H6F2N2/c11-8-3-7-6(1-2-13)5-14-10(7)4-9(8)12/h3-5,14H,1H2. The molecule has 0 aliphatic carbocycles. The van der Waals surface area contributed by atoms with E-state index in [4.69, 9.17) is 5.26 Å². The minimum Gasteiger partial charge on any atom is -0.361 e. The second-order valence-electron chi connectivity index (χ2n) is 2.96. The number of hydrogen-bond donors (Lipinski definition) is 1. The summed E-state index contributed by atoms with van der Waals surface area (Å²) in [4.78, 5) is 2.78. The fraction of sp³-hybridized carbons (Fsp3) is 0.100. The van der Waals surface area contributed by atoms with Crippen molar-refractivity contribution in [3.8, 4) is 6.07 Å². The van der Waals surface area contributed by atoms with Crippen LogP contribution in [0.3, 0.4) is 0 Å². The highest BCUT2D eigenvalue weighted by Gasteiger charge is 2.08. The first-order valence-corrected chi connectivity index (χ1v) is 4.04. The zero-order valence-electron chi connectivity index (χ0n) is 7.14. The Kier molecular flexibility index (Phi) is 1.93. The Bertz CT molecular complexity index is 523. The van der Waals surface area contributed by atoms with Crippen LogP contribution in [0.15, 0.2) is 18.3 Å². The van der Waals surface area contributed by atoms with Gasteiger partial charge in [-0.3, -0.25) is 0 Å². The van der Waals surface area contributed by atoms with Gasteiger partial charge < -0.3 is 4.98 Å². The zero-order chi connectivity index (χ0) is 10.1. The predicted octanol–water partition coefficient (Wildman–Crippen LogP) is 2.51. The normalized spacial score (nSPS) is 10.4. The minimum atomic E-state index is -0.892. The van der Waals surface area contributed by atoms with E-state index < -0.39 is 11.6 Å². The van der Waals surface area contributed by atoms with Gasteiger partial charge in [-0.15, -0.1) is 0 Å². The number of halogens is 2. The molecular formula is C10H6F2N2. The molecule has 1 aromatic heterocycles. The van der Waals surface area contributed by atoms with Crippen molar-refractivity contribution in [3.63, 3.8) is 0 Å². The summed E-state index contributed by atoms with van der Waals surface area (Å²) in [6.07, 6.45) is 1.78. The number of hydrogen-bond acceptors (Lipinski definition) is 1. The van der Waals surface area contributed by atoms with Crippen LogP contribution in [0.5, 0.6) is 0 Å². The highest BCUT2D eigenvalue weighted by molar-refractivity contribution is 5.83. The summed E-state index contributed by atoms with van der Waals surface area (Å²) in [7, 11) is 0. The number of aromatic nitrogens is 1. The number of nitrogens with zero attached hydrogens (tertiary/aromatic N) is 1. The molecular weight excluding hydrogens is 186 g/mol. The molecule has 2 nitrogen and oxygen atoms in total. The van der Waals surface area contributed by atoms with Gasteiger partial charge in [0.15, 0.2) is 11.6 Å². The summed E-state index contributed by atoms with van der Waals surface area (Å²) < 4.78 is 25.7. The van der Waals surface area contributed by atoms with Gasteiger partial charge in [-0.05, 0) is 11.6 Å². The van der Waals surface area contributed by atoms with Gasteiger partial charge in [0.25, 0.3) is 0 Å². The molecule has 0 amide bonds. The van der Waals surface area contributed by atoms with Crippen LogP contribution in [0.4, 0.5) is 8.78 Å². The maximum Gasteiger partial charge on any atom is 0.160 e. The van der Waals surface area contributed by atoms with Crippen molar-refractivity contribution >= 4 is 10.9 Å². The van der Waals surface area contributed by atoms with E-state index in [9.17, 15) is 8.78 Å². The first kappa shape index (κ1) is 8.70. The van der Waals surface area contributed by atoms with Crippen LogP contribution in [0.1, 0.15) is 5.56 Å². The molecule has 0 aliphatic rings. The third-order valence-corrected chi connectivity index (χ3v) is 2.08. The predicted molar refractivity (Wildman–Crippen MR) is 47.5 cm³/mol. The molecule has 2 rings (SSSR count). The summed E-state index contributed by atoms with van der Waals surface area (Å²) in [5.74, 6) is -1.78. The highest BCUT2D eigenvalue weighted by Crippen LogP contribution is 2.21. The SMILES string of the molecule is N#CCc1c[nH]c2cc(F)c(F)cc12. The largest absolute Gasteiger partial charge is 0.361 e. The average molecular weight is 192 g/mol. The van der Waals surface area contributed by atoms with Crippen LogP contribution >= 0.6 is 0 Å². The Morgan fingerprint density at radius 2 is 2.00 bits per heavy atom. The molecule has 1 N–H and O–H groups in total. The monoisotopic (exact) mass is 192 g/mol. The summed E-state index contributed by atoms with van der Waals surface area (Å²) >= 11 is 0. The van der Waals surface area contributed by atoms with Crippen molar-refractivity contribution in [2.75, 3.05) is 0 Å². The lowest BCUT2D eigenvalue weighted by Gasteiger charge is -1.94. The quantitative estimate of drug-likeness (QED) is 0.740. The molecule has 1 aromatic carbocycles. The molecule has 1 heterocycles. The summed E-state index contributed by atoms with van der Waals surface area (Å²) in [5, 5.41) is 9.05. The smallest absolute Gasteiger partial charge is 0.160 e. The van der Waals surface area contributed by atoms with E-state index >= 15 is 0 Å². The van der Waals surface area contributed by atoms with Crippen molar-refractivity contribution in [3.05, 3.63) is 35.5 Å². The zero-order valence-corrected chi connectivity index (χ0v) is 7.14. The van der Waals surface area contributed by atoms with Gasteiger partial charge in [0, 0.05) is 23.2 Å². The number of nitriles is 1. The van der Waals surface area contributed by atoms with Gasteiger partial charge in [0.2, 0.25) is 0 Å². The highest BCUT2D eigenvalue weighted by atomic mass is 19.2. The van der Waals surface area contributed by atoms with Crippen LogP contribution in [0.2, 0.25) is 0 Å². The van der Waals surface area contributed by atoms with E-state index in [1.807, 2.05) is 6.07 Å². The van der Waals surface area contributed by atoms with E-state index in [0.29, 0.717) is 16.5 Å². The van der Waals surface area contributed by atoms with Gasteiger partial charge in [-0.1, -0.05) is 0 Å². The Morgan fingerprint density at radius 1 is 1.29 bits per heavy atom. The summed E-state index contributed by atoms with van der Waals surface area (Å²) in [5.41, 5.74) is 1.19. The van der Waals surface area contributed by atoms with Crippen LogP contribution in [0.25, 0.3) is 10.9 Å². The first-order chi connectivity index (χ1) is 6.72. The molecule has 0 saturated heterocycles. The molecule has 2 aromatic rings. The minimum absolute atomic E-state index is 0.186. The Balaban J connectivity index is 2.69. The van der Waals surface area contributed by atoms with Gasteiger partial charge >= 0.3 is 0 Å². The number of benzene rings is 1. The molecule has 4 heteroatoms. The summed E-state index contributed by atoms with van der Waals surface area (Å²) in [6, 6.07) is 4.15. The second kappa shape index (κ2) is 3.11. The summed E-state index contributed by atoms with van der Waals surface area (Å²) in [6.45, 7) is 0. The van der Waals surface area contributed by atoms with Gasteiger partial charge in [0.05, 0.1) is 12.5 Å². The Morgan fingerprint density at radius 3 is 2.71 bits per heavy atom. The number of H-pyrrole nitrogens is 1. The molecule has 14 heavy (non-hydrogen) atoms. The van der Waals surface area contributed by atoms with Crippen LogP contribution in [-0.4, -0.2) is 4.98 Å². The van der Waals surface area contributed by atoms with E-state index in [-0.39, 0.29) is 6.42 Å². The Labute approximate surface area is 78.8 Å². The molecule has 70 valence electrons. The Hall–Kier alpha value is -1.89. The third-order valence-electron chi connectivity index (χ3n) is 2.08. The molecule has 0 spiro atoms. The van der Waals surface area contributed by atoms with Crippen molar-refractivity contribution in [1.82, 2.24) is 4.98 Å². The number of nitrogens with one attached hydrogen (secondary N) is 1. The van der Waals surface area contributed by atoms with Crippen LogP contribution < -0.4 is 0 Å². The maximum atomic E-state index is 12.9. The van der Waals surface area contributed by atoms with Crippen LogP contribution in [0, 0.1) is 23.0 Å². The molecule has 0 unspecified atom stereocenters. The molecule has 0 fully saturated rings. The van der Waals surface area contributed by atoms with Crippen LogP contribution in [-0.2, 0) is 6.42 Å². The molecule has 0 saturated carbocycles. The van der Waals surface area contributed by atoms with E-state index in [1.54, 1.807) is 6.20 Å². The van der Waals surface area contributed by atoms with E-state index in [2.05, 4.69) is 4.98 Å². The lowest BCUT2D eigenvalue weighted by atomic mass is 10.1. The third kappa shape index (κ3) is 1.23. The van der Waals surface area contributed by atoms with Crippen molar-refractivity contribution in [1.29, 1.82) is 5.26 Å². The number of rotatable bonds is 1. The first-order valence-electron chi connectivity index (χ1n) is 4.04. The second-order valence-corrected chi connectivity index (χ2v) is 2.96. The topological polar surface area (TPSA) is 39.6 Å². The van der Waals surface area contributed by atoms with E-state index in [1.165, 1.54) is 0 Å². The molecule has 0 aliphatic heterocycles. The lowest BCUT2D eigenvalue weighted by Crippen LogP contribution is -1.84. The van der Waals surface area contributed by atoms with Gasteiger partial charge in [-0.25, -0.2) is 8.78 Å². The van der Waals surface area contributed by atoms with Gasteiger partial charge in [0.1, 0.15) is 0 Å². The van der Waals surface area contributed by atoms with Crippen molar-refractivity contribution in [2.45, 2.75) is 6.42 Å². The number of aromatic amines is 1. The molecule has 0 bridgehead atoms. The average Bonchev–Trinajstić information content (AvgIpc) is 2.51. The maximum absolute atomic E-state index is 12.9. The van der Waals surface area contributed by atoms with Crippen molar-refractivity contribution in [2.24, 2.45) is 0 Å².